The zero-order valence-electron chi connectivity index (χ0n) is 11.7. The van der Waals surface area contributed by atoms with Gasteiger partial charge in [-0.1, -0.05) is 0 Å². The van der Waals surface area contributed by atoms with E-state index in [0.717, 1.165) is 0 Å². The molecule has 2 fully saturated rings. The van der Waals surface area contributed by atoms with Gasteiger partial charge in [0.15, 0.2) is 6.29 Å². The average Bonchev–Trinajstić information content (AvgIpc) is 2.42. The standard InChI is InChI=1S/C12H25N3O6/c13-4-1-5(14)11(6(17)2-4)21-12-10(19)8(15)9(18)7(3-16)20-12/h4-12,16-19H,1-3,13-15H2. The lowest BCUT2D eigenvalue weighted by Crippen LogP contribution is -2.65. The van der Waals surface area contributed by atoms with E-state index >= 15 is 0 Å². The molecular weight excluding hydrogens is 282 g/mol. The van der Waals surface area contributed by atoms with E-state index in [0.29, 0.717) is 12.8 Å². The highest BCUT2D eigenvalue weighted by atomic mass is 16.7. The summed E-state index contributed by atoms with van der Waals surface area (Å²) in [5.74, 6) is 0. The maximum atomic E-state index is 10.0. The highest BCUT2D eigenvalue weighted by Gasteiger charge is 2.46. The van der Waals surface area contributed by atoms with Gasteiger partial charge in [0, 0.05) is 12.1 Å². The van der Waals surface area contributed by atoms with Crippen molar-refractivity contribution in [1.82, 2.24) is 0 Å². The quantitative estimate of drug-likeness (QED) is 0.273. The minimum Gasteiger partial charge on any atom is -0.394 e. The van der Waals surface area contributed by atoms with Gasteiger partial charge in [-0.25, -0.2) is 0 Å². The van der Waals surface area contributed by atoms with Gasteiger partial charge in [0.2, 0.25) is 0 Å². The first-order chi connectivity index (χ1) is 9.85. The molecular formula is C12H25N3O6. The number of hydrogen-bond acceptors (Lipinski definition) is 9. The average molecular weight is 307 g/mol. The predicted octanol–water partition coefficient (Wildman–Crippen LogP) is -4.05. The molecule has 1 aliphatic heterocycles. The van der Waals surface area contributed by atoms with E-state index in [4.69, 9.17) is 31.8 Å². The first-order valence-electron chi connectivity index (χ1n) is 7.07. The maximum absolute atomic E-state index is 10.0. The summed E-state index contributed by atoms with van der Waals surface area (Å²) in [5.41, 5.74) is 17.4. The first kappa shape index (κ1) is 17.0. The van der Waals surface area contributed by atoms with E-state index < -0.39 is 55.5 Å². The molecule has 2 rings (SSSR count). The monoisotopic (exact) mass is 307 g/mol. The molecule has 21 heavy (non-hydrogen) atoms. The van der Waals surface area contributed by atoms with Crippen LogP contribution >= 0.6 is 0 Å². The van der Waals surface area contributed by atoms with Crippen LogP contribution in [0.25, 0.3) is 0 Å². The number of rotatable bonds is 3. The molecule has 1 saturated carbocycles. The van der Waals surface area contributed by atoms with Crippen LogP contribution in [0.4, 0.5) is 0 Å². The molecule has 0 aromatic rings. The molecule has 9 heteroatoms. The Morgan fingerprint density at radius 2 is 1.71 bits per heavy atom. The van der Waals surface area contributed by atoms with Crippen molar-refractivity contribution < 1.29 is 29.9 Å². The molecule has 9 atom stereocenters. The van der Waals surface area contributed by atoms with Crippen molar-refractivity contribution in [3.8, 4) is 0 Å². The van der Waals surface area contributed by atoms with Gasteiger partial charge < -0.3 is 47.1 Å². The Morgan fingerprint density at radius 1 is 1.05 bits per heavy atom. The Hall–Kier alpha value is -0.360. The van der Waals surface area contributed by atoms with Crippen LogP contribution in [0.3, 0.4) is 0 Å². The third kappa shape index (κ3) is 3.52. The molecule has 9 unspecified atom stereocenters. The van der Waals surface area contributed by atoms with Gasteiger partial charge in [0.1, 0.15) is 24.4 Å². The van der Waals surface area contributed by atoms with Crippen LogP contribution in [0.1, 0.15) is 12.8 Å². The van der Waals surface area contributed by atoms with Crippen LogP contribution in [-0.4, -0.2) is 82.0 Å². The van der Waals surface area contributed by atoms with Gasteiger partial charge in [0.05, 0.1) is 18.8 Å². The molecule has 9 nitrogen and oxygen atoms in total. The van der Waals surface area contributed by atoms with E-state index in [2.05, 4.69) is 0 Å². The van der Waals surface area contributed by atoms with Gasteiger partial charge in [-0.3, -0.25) is 0 Å². The van der Waals surface area contributed by atoms with Gasteiger partial charge in [0.25, 0.3) is 0 Å². The largest absolute Gasteiger partial charge is 0.394 e. The minimum absolute atomic E-state index is 0.207. The smallest absolute Gasteiger partial charge is 0.186 e. The highest BCUT2D eigenvalue weighted by molar-refractivity contribution is 4.95. The molecule has 2 aliphatic rings. The summed E-state index contributed by atoms with van der Waals surface area (Å²) >= 11 is 0. The second-order valence-electron chi connectivity index (χ2n) is 5.85. The van der Waals surface area contributed by atoms with Crippen LogP contribution < -0.4 is 17.2 Å². The third-order valence-corrected chi connectivity index (χ3v) is 4.15. The van der Waals surface area contributed by atoms with Crippen molar-refractivity contribution in [3.05, 3.63) is 0 Å². The Bertz CT molecular complexity index is 335. The molecule has 1 aliphatic carbocycles. The van der Waals surface area contributed by atoms with Gasteiger partial charge in [-0.05, 0) is 12.8 Å². The van der Waals surface area contributed by atoms with Crippen molar-refractivity contribution >= 4 is 0 Å². The summed E-state index contributed by atoms with van der Waals surface area (Å²) in [7, 11) is 0. The SMILES string of the molecule is NC1CC(N)C(OC2OC(CO)C(O)C(N)C2O)C(O)C1. The zero-order valence-corrected chi connectivity index (χ0v) is 11.7. The third-order valence-electron chi connectivity index (χ3n) is 4.15. The van der Waals surface area contributed by atoms with E-state index in [1.807, 2.05) is 0 Å². The summed E-state index contributed by atoms with van der Waals surface area (Å²) in [6, 6.07) is -1.74. The summed E-state index contributed by atoms with van der Waals surface area (Å²) in [6.45, 7) is -0.467. The Balaban J connectivity index is 2.03. The van der Waals surface area contributed by atoms with Crippen molar-refractivity contribution in [2.45, 2.75) is 67.8 Å². The number of hydrogen-bond donors (Lipinski definition) is 7. The van der Waals surface area contributed by atoms with E-state index in [9.17, 15) is 15.3 Å². The van der Waals surface area contributed by atoms with Gasteiger partial charge in [-0.2, -0.15) is 0 Å². The molecule has 0 spiro atoms. The molecule has 0 bridgehead atoms. The molecule has 1 saturated heterocycles. The molecule has 124 valence electrons. The molecule has 0 aromatic carbocycles. The molecule has 0 amide bonds. The lowest BCUT2D eigenvalue weighted by molar-refractivity contribution is -0.300. The fourth-order valence-corrected chi connectivity index (χ4v) is 2.88. The van der Waals surface area contributed by atoms with Crippen LogP contribution in [-0.2, 0) is 9.47 Å². The lowest BCUT2D eigenvalue weighted by Gasteiger charge is -2.44. The van der Waals surface area contributed by atoms with E-state index in [1.165, 1.54) is 0 Å². The van der Waals surface area contributed by atoms with Crippen molar-refractivity contribution in [2.24, 2.45) is 17.2 Å². The summed E-state index contributed by atoms with van der Waals surface area (Å²) in [6.07, 6.45) is -5.47. The molecule has 0 aromatic heterocycles. The summed E-state index contributed by atoms with van der Waals surface area (Å²) in [5, 5.41) is 38.9. The number of nitrogens with two attached hydrogens (primary N) is 3. The van der Waals surface area contributed by atoms with Crippen molar-refractivity contribution in [1.29, 1.82) is 0 Å². The van der Waals surface area contributed by atoms with Crippen molar-refractivity contribution in [3.63, 3.8) is 0 Å². The lowest BCUT2D eigenvalue weighted by atomic mass is 9.87. The fourth-order valence-electron chi connectivity index (χ4n) is 2.88. The maximum Gasteiger partial charge on any atom is 0.186 e. The predicted molar refractivity (Wildman–Crippen MR) is 71.8 cm³/mol. The Kier molecular flexibility index (Phi) is 5.52. The fraction of sp³-hybridized carbons (Fsp3) is 1.00. The Morgan fingerprint density at radius 3 is 2.29 bits per heavy atom. The van der Waals surface area contributed by atoms with Crippen LogP contribution in [0.2, 0.25) is 0 Å². The molecule has 10 N–H and O–H groups in total. The van der Waals surface area contributed by atoms with Crippen LogP contribution in [0.15, 0.2) is 0 Å². The number of ether oxygens (including phenoxy) is 2. The summed E-state index contributed by atoms with van der Waals surface area (Å²) < 4.78 is 10.9. The summed E-state index contributed by atoms with van der Waals surface area (Å²) in [4.78, 5) is 0. The molecule has 1 heterocycles. The second-order valence-corrected chi connectivity index (χ2v) is 5.85. The highest BCUT2D eigenvalue weighted by Crippen LogP contribution is 2.26. The normalized spacial score (nSPS) is 51.9. The zero-order chi connectivity index (χ0) is 15.7. The van der Waals surface area contributed by atoms with Crippen LogP contribution in [0, 0.1) is 0 Å². The van der Waals surface area contributed by atoms with Crippen molar-refractivity contribution in [2.75, 3.05) is 6.61 Å². The molecule has 0 radical (unpaired) electrons. The number of aliphatic hydroxyl groups excluding tert-OH is 4. The van der Waals surface area contributed by atoms with Gasteiger partial charge >= 0.3 is 0 Å². The van der Waals surface area contributed by atoms with E-state index in [-0.39, 0.29) is 6.04 Å². The number of aliphatic hydroxyl groups is 4. The Labute approximate surface area is 122 Å². The van der Waals surface area contributed by atoms with E-state index in [1.54, 1.807) is 0 Å². The van der Waals surface area contributed by atoms with Gasteiger partial charge in [-0.15, -0.1) is 0 Å². The topological polar surface area (TPSA) is 177 Å². The van der Waals surface area contributed by atoms with Crippen LogP contribution in [0.5, 0.6) is 0 Å². The minimum atomic E-state index is -1.29. The second kappa shape index (κ2) is 6.82. The first-order valence-corrected chi connectivity index (χ1v) is 7.07.